The fourth-order valence-corrected chi connectivity index (χ4v) is 0. The quantitative estimate of drug-likeness (QED) is 0.192. The number of aliphatic hydroxyl groups is 4. The van der Waals surface area contributed by atoms with Gasteiger partial charge in [-0.3, -0.25) is 0 Å². The van der Waals surface area contributed by atoms with Crippen molar-refractivity contribution >= 4 is 7.32 Å². The van der Waals surface area contributed by atoms with Gasteiger partial charge in [0.2, 0.25) is 0 Å². The molecule has 0 saturated heterocycles. The predicted molar refractivity (Wildman–Crippen MR) is 46.1 cm³/mol. The van der Waals surface area contributed by atoms with Gasteiger partial charge in [0.15, 0.2) is 0 Å². The molecule has 7 N–H and O–H groups in total. The van der Waals surface area contributed by atoms with E-state index >= 15 is 0 Å². The first-order chi connectivity index (χ1) is 5.73. The first kappa shape index (κ1) is 37.6. The maximum atomic E-state index is 7.17. The zero-order valence-corrected chi connectivity index (χ0v) is 8.71. The van der Waals surface area contributed by atoms with E-state index in [9.17, 15) is 0 Å². The third-order valence-corrected chi connectivity index (χ3v) is 0. The van der Waals surface area contributed by atoms with Gasteiger partial charge in [0.1, 0.15) is 0 Å². The SMILES string of the molecule is CO.CO.CO.CO.OB(O)O.[H-].[Li+]. The molecular weight excluding hydrogens is 178 g/mol. The molecule has 0 spiro atoms. The topological polar surface area (TPSA) is 142 Å². The van der Waals surface area contributed by atoms with Gasteiger partial charge in [0, 0.05) is 28.4 Å². The molecule has 0 radical (unpaired) electrons. The van der Waals surface area contributed by atoms with Crippen molar-refractivity contribution in [1.82, 2.24) is 0 Å². The standard InChI is InChI=1S/4CH4O.BH3O3.Li.H/c4*1-2;2-1(3)4;;/h4*2H,1H3;2-4H;;/q;;;;;+1;-1. The van der Waals surface area contributed by atoms with Crippen LogP contribution < -0.4 is 18.9 Å². The second-order valence-electron chi connectivity index (χ2n) is 0.346. The fourth-order valence-electron chi connectivity index (χ4n) is 0. The van der Waals surface area contributed by atoms with Crippen molar-refractivity contribution in [2.24, 2.45) is 0 Å². The van der Waals surface area contributed by atoms with Crippen LogP contribution in [0.5, 0.6) is 0 Å². The Hall–Kier alpha value is 0.382. The molecule has 13 heavy (non-hydrogen) atoms. The van der Waals surface area contributed by atoms with Crippen LogP contribution in [-0.2, 0) is 0 Å². The van der Waals surface area contributed by atoms with E-state index in [2.05, 4.69) is 0 Å². The van der Waals surface area contributed by atoms with Gasteiger partial charge in [0.05, 0.1) is 0 Å². The summed E-state index contributed by atoms with van der Waals surface area (Å²) in [5.41, 5.74) is 0. The molecule has 0 saturated carbocycles. The van der Waals surface area contributed by atoms with E-state index in [1.807, 2.05) is 0 Å². The minimum Gasteiger partial charge on any atom is -1.00 e. The number of aliphatic hydroxyl groups excluding tert-OH is 4. The Labute approximate surface area is 92.1 Å². The van der Waals surface area contributed by atoms with Gasteiger partial charge >= 0.3 is 26.2 Å². The molecule has 0 aromatic heterocycles. The van der Waals surface area contributed by atoms with Gasteiger partial charge in [0.25, 0.3) is 0 Å². The zero-order valence-electron chi connectivity index (χ0n) is 9.71. The van der Waals surface area contributed by atoms with Crippen LogP contribution in [0.25, 0.3) is 0 Å². The smallest absolute Gasteiger partial charge is 1.00 e. The van der Waals surface area contributed by atoms with Crippen LogP contribution in [0, 0.1) is 0 Å². The summed E-state index contributed by atoms with van der Waals surface area (Å²) in [5.74, 6) is 0. The fraction of sp³-hybridized carbons (Fsp3) is 1.00. The van der Waals surface area contributed by atoms with Crippen LogP contribution in [0.2, 0.25) is 0 Å². The number of rotatable bonds is 0. The molecule has 0 fully saturated rings. The van der Waals surface area contributed by atoms with Crippen molar-refractivity contribution in [1.29, 1.82) is 0 Å². The monoisotopic (exact) mass is 198 g/mol. The average Bonchev–Trinajstić information content (AvgIpc) is 2.16. The third kappa shape index (κ3) is 9130. The molecule has 0 aromatic rings. The maximum Gasteiger partial charge on any atom is 1.00 e. The normalized spacial score (nSPS) is 3.92. The summed E-state index contributed by atoms with van der Waals surface area (Å²) in [7, 11) is 1.83. The first-order valence-corrected chi connectivity index (χ1v) is 2.56. The van der Waals surface area contributed by atoms with E-state index in [1.54, 1.807) is 0 Å². The zero-order chi connectivity index (χ0) is 11.6. The molecule has 0 aromatic carbocycles. The summed E-state index contributed by atoms with van der Waals surface area (Å²) >= 11 is 0. The Morgan fingerprint density at radius 1 is 0.615 bits per heavy atom. The first-order valence-electron chi connectivity index (χ1n) is 2.56. The van der Waals surface area contributed by atoms with Crippen molar-refractivity contribution < 1.29 is 55.8 Å². The molecule has 0 bridgehead atoms. The van der Waals surface area contributed by atoms with E-state index in [-0.39, 0.29) is 20.3 Å². The molecule has 0 atom stereocenters. The maximum absolute atomic E-state index is 7.17. The van der Waals surface area contributed by atoms with Crippen LogP contribution in [-0.4, -0.2) is 71.3 Å². The summed E-state index contributed by atoms with van der Waals surface area (Å²) in [4.78, 5) is 0. The minimum atomic E-state index is -2.17. The molecule has 0 aliphatic carbocycles. The van der Waals surface area contributed by atoms with Gasteiger partial charge in [-0.1, -0.05) is 0 Å². The Balaban J connectivity index is -0.00000000887. The Morgan fingerprint density at radius 3 is 0.615 bits per heavy atom. The van der Waals surface area contributed by atoms with Crippen molar-refractivity contribution in [3.05, 3.63) is 0 Å². The molecule has 0 unspecified atom stereocenters. The molecule has 0 aliphatic heterocycles. The molecule has 0 aliphatic rings. The van der Waals surface area contributed by atoms with E-state index in [0.717, 1.165) is 28.4 Å². The number of hydrogen-bond donors (Lipinski definition) is 7. The van der Waals surface area contributed by atoms with Crippen LogP contribution in [0.4, 0.5) is 0 Å². The molecule has 7 nitrogen and oxygen atoms in total. The van der Waals surface area contributed by atoms with Gasteiger partial charge in [-0.25, -0.2) is 0 Å². The summed E-state index contributed by atoms with van der Waals surface area (Å²) in [6.07, 6.45) is 0. The molecule has 82 valence electrons. The van der Waals surface area contributed by atoms with Crippen LogP contribution in [0.3, 0.4) is 0 Å². The summed E-state index contributed by atoms with van der Waals surface area (Å²) in [6.45, 7) is 0. The van der Waals surface area contributed by atoms with Crippen molar-refractivity contribution in [3.8, 4) is 0 Å². The second kappa shape index (κ2) is 140. The minimum absolute atomic E-state index is 0. The molecule has 9 heteroatoms. The molecule has 0 rings (SSSR count). The molecule has 0 heterocycles. The second-order valence-corrected chi connectivity index (χ2v) is 0.346. The van der Waals surface area contributed by atoms with Gasteiger partial charge in [-0.15, -0.1) is 0 Å². The Bertz CT molecular complexity index is 30.4. The van der Waals surface area contributed by atoms with Crippen LogP contribution in [0.1, 0.15) is 1.43 Å². The average molecular weight is 198 g/mol. The van der Waals surface area contributed by atoms with Crippen LogP contribution in [0.15, 0.2) is 0 Å². The summed E-state index contributed by atoms with van der Waals surface area (Å²) < 4.78 is 0. The van der Waals surface area contributed by atoms with Gasteiger partial charge in [-0.2, -0.15) is 0 Å². The molecular formula is C4H20BLiO7. The Morgan fingerprint density at radius 2 is 0.615 bits per heavy atom. The third-order valence-electron chi connectivity index (χ3n) is 0. The summed E-state index contributed by atoms with van der Waals surface area (Å²) in [5, 5.41) is 49.5. The predicted octanol–water partition coefficient (Wildman–Crippen LogP) is -6.50. The Kier molecular flexibility index (Phi) is 406. The molecule has 0 amide bonds. The van der Waals surface area contributed by atoms with Crippen LogP contribution >= 0.6 is 0 Å². The van der Waals surface area contributed by atoms with E-state index in [0.29, 0.717) is 0 Å². The van der Waals surface area contributed by atoms with E-state index in [1.165, 1.54) is 0 Å². The van der Waals surface area contributed by atoms with Crippen molar-refractivity contribution in [3.63, 3.8) is 0 Å². The summed E-state index contributed by atoms with van der Waals surface area (Å²) in [6, 6.07) is 0. The van der Waals surface area contributed by atoms with Crippen molar-refractivity contribution in [2.75, 3.05) is 28.4 Å². The van der Waals surface area contributed by atoms with Gasteiger partial charge < -0.3 is 36.9 Å². The van der Waals surface area contributed by atoms with E-state index < -0.39 is 7.32 Å². The number of hydrogen-bond acceptors (Lipinski definition) is 7. The van der Waals surface area contributed by atoms with Gasteiger partial charge in [-0.05, 0) is 0 Å². The largest absolute Gasteiger partial charge is 1.00 e. The van der Waals surface area contributed by atoms with E-state index in [4.69, 9.17) is 35.5 Å². The van der Waals surface area contributed by atoms with Crippen molar-refractivity contribution in [2.45, 2.75) is 0 Å².